The van der Waals surface area contributed by atoms with Crippen LogP contribution >= 0.6 is 15.9 Å². The Balaban J connectivity index is 2.24. The molecule has 1 rings (SSSR count). The maximum absolute atomic E-state index is 11.4. The van der Waals surface area contributed by atoms with Crippen LogP contribution < -0.4 is 5.32 Å². The van der Waals surface area contributed by atoms with Crippen LogP contribution in [0.3, 0.4) is 0 Å². The number of carbonyl (C=O) groups is 1. The Kier molecular flexibility index (Phi) is 4.81. The van der Waals surface area contributed by atoms with E-state index < -0.39 is 0 Å². The van der Waals surface area contributed by atoms with Crippen molar-refractivity contribution in [2.75, 3.05) is 6.54 Å². The van der Waals surface area contributed by atoms with Crippen molar-refractivity contribution in [3.8, 4) is 0 Å². The monoisotopic (exact) mass is 273 g/mol. The zero-order valence-electron chi connectivity index (χ0n) is 9.03. The van der Waals surface area contributed by atoms with Crippen LogP contribution in [0.15, 0.2) is 12.3 Å². The minimum absolute atomic E-state index is 0.0495. The molecule has 15 heavy (non-hydrogen) atoms. The quantitative estimate of drug-likeness (QED) is 0.821. The van der Waals surface area contributed by atoms with Gasteiger partial charge in [-0.1, -0.05) is 22.9 Å². The molecule has 0 aromatic carbocycles. The average molecular weight is 274 g/mol. The Morgan fingerprint density at radius 1 is 1.73 bits per heavy atom. The molecule has 0 fully saturated rings. The predicted molar refractivity (Wildman–Crippen MR) is 62.9 cm³/mol. The number of hydrogen-bond acceptors (Lipinski definition) is 2. The lowest BCUT2D eigenvalue weighted by atomic mass is 10.3. The smallest absolute Gasteiger partial charge is 0.233 e. The van der Waals surface area contributed by atoms with Gasteiger partial charge in [0.05, 0.1) is 10.5 Å². The fraction of sp³-hybridized carbons (Fsp3) is 0.600. The highest BCUT2D eigenvalue weighted by molar-refractivity contribution is 9.10. The van der Waals surface area contributed by atoms with E-state index in [1.54, 1.807) is 4.68 Å². The summed E-state index contributed by atoms with van der Waals surface area (Å²) < 4.78 is 1.76. The maximum atomic E-state index is 11.4. The molecule has 4 nitrogen and oxygen atoms in total. The summed E-state index contributed by atoms with van der Waals surface area (Å²) >= 11 is 3.30. The Morgan fingerprint density at radius 3 is 3.00 bits per heavy atom. The van der Waals surface area contributed by atoms with Crippen LogP contribution in [0, 0.1) is 0 Å². The third-order valence-corrected chi connectivity index (χ3v) is 3.16. The number of halogens is 1. The first-order valence-corrected chi connectivity index (χ1v) is 5.95. The van der Waals surface area contributed by atoms with Gasteiger partial charge < -0.3 is 5.32 Å². The topological polar surface area (TPSA) is 46.9 Å². The SMILES string of the molecule is CCC(Br)C(=O)NCCc1ccn(C)n1. The van der Waals surface area contributed by atoms with Gasteiger partial charge >= 0.3 is 0 Å². The summed E-state index contributed by atoms with van der Waals surface area (Å²) in [4.78, 5) is 11.3. The van der Waals surface area contributed by atoms with Crippen molar-refractivity contribution >= 4 is 21.8 Å². The highest BCUT2D eigenvalue weighted by Gasteiger charge is 2.10. The van der Waals surface area contributed by atoms with Gasteiger partial charge in [-0.25, -0.2) is 0 Å². The molecule has 0 saturated carbocycles. The number of hydrogen-bond donors (Lipinski definition) is 1. The lowest BCUT2D eigenvalue weighted by Gasteiger charge is -2.07. The lowest BCUT2D eigenvalue weighted by Crippen LogP contribution is -2.32. The Morgan fingerprint density at radius 2 is 2.47 bits per heavy atom. The van der Waals surface area contributed by atoms with Crippen molar-refractivity contribution in [1.82, 2.24) is 15.1 Å². The number of amides is 1. The molecular weight excluding hydrogens is 258 g/mol. The molecule has 1 amide bonds. The van der Waals surface area contributed by atoms with Gasteiger partial charge in [0.25, 0.3) is 0 Å². The van der Waals surface area contributed by atoms with Crippen molar-refractivity contribution in [1.29, 1.82) is 0 Å². The molecule has 1 unspecified atom stereocenters. The highest BCUT2D eigenvalue weighted by atomic mass is 79.9. The molecule has 0 spiro atoms. The van der Waals surface area contributed by atoms with E-state index in [0.717, 1.165) is 18.5 Å². The second kappa shape index (κ2) is 5.90. The zero-order chi connectivity index (χ0) is 11.3. The van der Waals surface area contributed by atoms with Gasteiger partial charge in [0, 0.05) is 26.2 Å². The molecule has 0 bridgehead atoms. The second-order valence-corrected chi connectivity index (χ2v) is 4.50. The third-order valence-electron chi connectivity index (χ3n) is 2.09. The second-order valence-electron chi connectivity index (χ2n) is 3.40. The van der Waals surface area contributed by atoms with Gasteiger partial charge in [0.1, 0.15) is 0 Å². The summed E-state index contributed by atoms with van der Waals surface area (Å²) in [5.74, 6) is 0.0495. The molecule has 0 aliphatic heterocycles. The third kappa shape index (κ3) is 4.03. The zero-order valence-corrected chi connectivity index (χ0v) is 10.6. The number of aromatic nitrogens is 2. The molecule has 1 N–H and O–H groups in total. The molecule has 1 atom stereocenters. The van der Waals surface area contributed by atoms with Crippen molar-refractivity contribution in [3.63, 3.8) is 0 Å². The van der Waals surface area contributed by atoms with Crippen molar-refractivity contribution in [2.24, 2.45) is 7.05 Å². The van der Waals surface area contributed by atoms with E-state index in [4.69, 9.17) is 0 Å². The van der Waals surface area contributed by atoms with Gasteiger partial charge in [0.15, 0.2) is 0 Å². The summed E-state index contributed by atoms with van der Waals surface area (Å²) in [6.07, 6.45) is 3.47. The number of rotatable bonds is 5. The van der Waals surface area contributed by atoms with Crippen LogP contribution in [0.25, 0.3) is 0 Å². The predicted octanol–water partition coefficient (Wildman–Crippen LogP) is 1.25. The minimum Gasteiger partial charge on any atom is -0.355 e. The first kappa shape index (κ1) is 12.2. The average Bonchev–Trinajstić information content (AvgIpc) is 2.63. The molecule has 1 aromatic rings. The van der Waals surface area contributed by atoms with E-state index in [2.05, 4.69) is 26.3 Å². The Hall–Kier alpha value is -0.840. The molecule has 0 aliphatic carbocycles. The van der Waals surface area contributed by atoms with E-state index >= 15 is 0 Å². The fourth-order valence-electron chi connectivity index (χ4n) is 1.21. The molecule has 0 radical (unpaired) electrons. The van der Waals surface area contributed by atoms with Gasteiger partial charge in [0.2, 0.25) is 5.91 Å². The molecule has 84 valence electrons. The number of alkyl halides is 1. The van der Waals surface area contributed by atoms with Crippen LogP contribution in [0.5, 0.6) is 0 Å². The van der Waals surface area contributed by atoms with Crippen LogP contribution in [0.1, 0.15) is 19.0 Å². The van der Waals surface area contributed by atoms with Crippen LogP contribution in [0.4, 0.5) is 0 Å². The minimum atomic E-state index is -0.0822. The standard InChI is InChI=1S/C10H16BrN3O/c1-3-9(11)10(15)12-6-4-8-5-7-14(2)13-8/h5,7,9H,3-4,6H2,1-2H3,(H,12,15). The number of nitrogens with one attached hydrogen (secondary N) is 1. The molecule has 1 heterocycles. The molecule has 1 aromatic heterocycles. The normalized spacial score (nSPS) is 12.5. The summed E-state index contributed by atoms with van der Waals surface area (Å²) in [7, 11) is 1.88. The number of aryl methyl sites for hydroxylation is 1. The Bertz CT molecular complexity index is 324. The largest absolute Gasteiger partial charge is 0.355 e. The molecule has 0 aliphatic rings. The summed E-state index contributed by atoms with van der Waals surface area (Å²) in [6.45, 7) is 2.61. The van der Waals surface area contributed by atoms with Crippen molar-refractivity contribution in [3.05, 3.63) is 18.0 Å². The van der Waals surface area contributed by atoms with Gasteiger partial charge in [-0.2, -0.15) is 5.10 Å². The van der Waals surface area contributed by atoms with Gasteiger partial charge in [-0.05, 0) is 12.5 Å². The first-order valence-electron chi connectivity index (χ1n) is 5.03. The summed E-state index contributed by atoms with van der Waals surface area (Å²) in [5, 5.41) is 7.08. The Labute approximate surface area is 98.2 Å². The van der Waals surface area contributed by atoms with E-state index in [9.17, 15) is 4.79 Å². The van der Waals surface area contributed by atoms with Crippen LogP contribution in [0.2, 0.25) is 0 Å². The van der Waals surface area contributed by atoms with Crippen LogP contribution in [-0.4, -0.2) is 27.1 Å². The van der Waals surface area contributed by atoms with Crippen molar-refractivity contribution in [2.45, 2.75) is 24.6 Å². The van der Waals surface area contributed by atoms with E-state index in [-0.39, 0.29) is 10.7 Å². The van der Waals surface area contributed by atoms with E-state index in [0.29, 0.717) is 6.54 Å². The van der Waals surface area contributed by atoms with Crippen molar-refractivity contribution < 1.29 is 4.79 Å². The van der Waals surface area contributed by atoms with Crippen LogP contribution in [-0.2, 0) is 18.3 Å². The lowest BCUT2D eigenvalue weighted by molar-refractivity contribution is -0.120. The highest BCUT2D eigenvalue weighted by Crippen LogP contribution is 2.03. The van der Waals surface area contributed by atoms with Gasteiger partial charge in [-0.15, -0.1) is 0 Å². The van der Waals surface area contributed by atoms with Gasteiger partial charge in [-0.3, -0.25) is 9.48 Å². The number of carbonyl (C=O) groups excluding carboxylic acids is 1. The van der Waals surface area contributed by atoms with E-state index in [1.807, 2.05) is 26.2 Å². The van der Waals surface area contributed by atoms with E-state index in [1.165, 1.54) is 0 Å². The summed E-state index contributed by atoms with van der Waals surface area (Å²) in [6, 6.07) is 1.96. The molecular formula is C10H16BrN3O. The molecule has 0 saturated heterocycles. The number of nitrogens with zero attached hydrogens (tertiary/aromatic N) is 2. The maximum Gasteiger partial charge on any atom is 0.233 e. The molecule has 5 heteroatoms. The fourth-order valence-corrected chi connectivity index (χ4v) is 1.37. The summed E-state index contributed by atoms with van der Waals surface area (Å²) in [5.41, 5.74) is 1.00. The first-order chi connectivity index (χ1) is 7.13.